The van der Waals surface area contributed by atoms with Gasteiger partial charge in [0.1, 0.15) is 0 Å². The molecular formula is C18H33IN4S. The maximum absolute atomic E-state index is 4.67. The molecule has 0 heterocycles. The third kappa shape index (κ3) is 10.4. The summed E-state index contributed by atoms with van der Waals surface area (Å²) in [6, 6.07) is 11.1. The number of rotatable bonds is 10. The van der Waals surface area contributed by atoms with Gasteiger partial charge in [-0.1, -0.05) is 30.3 Å². The second-order valence-electron chi connectivity index (χ2n) is 5.72. The van der Waals surface area contributed by atoms with Crippen molar-refractivity contribution in [2.75, 3.05) is 38.7 Å². The first-order valence-electron chi connectivity index (χ1n) is 8.42. The van der Waals surface area contributed by atoms with E-state index >= 15 is 0 Å². The van der Waals surface area contributed by atoms with Crippen molar-refractivity contribution in [1.82, 2.24) is 15.5 Å². The van der Waals surface area contributed by atoms with Gasteiger partial charge in [0.15, 0.2) is 5.96 Å². The highest BCUT2D eigenvalue weighted by atomic mass is 127. The first-order valence-corrected chi connectivity index (χ1v) is 9.82. The summed E-state index contributed by atoms with van der Waals surface area (Å²) in [5.41, 5.74) is 1.36. The van der Waals surface area contributed by atoms with E-state index in [1.165, 1.54) is 5.56 Å². The summed E-state index contributed by atoms with van der Waals surface area (Å²) in [4.78, 5) is 7.06. The zero-order valence-electron chi connectivity index (χ0n) is 15.4. The molecular weight excluding hydrogens is 431 g/mol. The predicted octanol–water partition coefficient (Wildman–Crippen LogP) is 3.43. The second-order valence-corrected chi connectivity index (χ2v) is 6.70. The van der Waals surface area contributed by atoms with Crippen molar-refractivity contribution in [3.63, 3.8) is 0 Å². The van der Waals surface area contributed by atoms with Crippen LogP contribution in [0.5, 0.6) is 0 Å². The average Bonchev–Trinajstić information content (AvgIpc) is 2.55. The molecule has 0 radical (unpaired) electrons. The van der Waals surface area contributed by atoms with Gasteiger partial charge in [0.25, 0.3) is 0 Å². The summed E-state index contributed by atoms with van der Waals surface area (Å²) >= 11 is 1.84. The van der Waals surface area contributed by atoms with Gasteiger partial charge in [0.2, 0.25) is 0 Å². The monoisotopic (exact) mass is 464 g/mol. The van der Waals surface area contributed by atoms with Gasteiger partial charge in [-0.3, -0.25) is 9.89 Å². The van der Waals surface area contributed by atoms with Crippen molar-refractivity contribution < 1.29 is 0 Å². The summed E-state index contributed by atoms with van der Waals surface area (Å²) in [6.45, 7) is 8.05. The molecule has 0 amide bonds. The van der Waals surface area contributed by atoms with E-state index in [1.54, 1.807) is 0 Å². The van der Waals surface area contributed by atoms with Gasteiger partial charge >= 0.3 is 0 Å². The molecule has 24 heavy (non-hydrogen) atoms. The topological polar surface area (TPSA) is 39.7 Å². The van der Waals surface area contributed by atoms with Crippen molar-refractivity contribution in [3.05, 3.63) is 35.9 Å². The lowest BCUT2D eigenvalue weighted by atomic mass is 10.1. The fourth-order valence-electron chi connectivity index (χ4n) is 2.22. The van der Waals surface area contributed by atoms with Crippen LogP contribution in [0, 0.1) is 0 Å². The van der Waals surface area contributed by atoms with Crippen molar-refractivity contribution in [2.45, 2.75) is 32.9 Å². The molecule has 1 aromatic rings. The highest BCUT2D eigenvalue weighted by Gasteiger charge is 2.09. The molecule has 1 aromatic carbocycles. The number of nitrogens with one attached hydrogen (secondary N) is 2. The summed E-state index contributed by atoms with van der Waals surface area (Å²) < 4.78 is 0. The highest BCUT2D eigenvalue weighted by Crippen LogP contribution is 2.08. The third-order valence-corrected chi connectivity index (χ3v) is 4.40. The molecule has 1 unspecified atom stereocenters. The minimum absolute atomic E-state index is 0. The number of nitrogens with zero attached hydrogens (tertiary/aromatic N) is 2. The second kappa shape index (κ2) is 14.8. The van der Waals surface area contributed by atoms with Gasteiger partial charge in [-0.05, 0) is 39.1 Å². The molecule has 0 bridgehead atoms. The summed E-state index contributed by atoms with van der Waals surface area (Å²) in [7, 11) is 2.18. The molecule has 1 atom stereocenters. The molecule has 0 aliphatic heterocycles. The lowest BCUT2D eigenvalue weighted by Gasteiger charge is -2.24. The first-order chi connectivity index (χ1) is 11.2. The van der Waals surface area contributed by atoms with Crippen LogP contribution < -0.4 is 10.6 Å². The minimum Gasteiger partial charge on any atom is -0.357 e. The standard InChI is InChI=1S/C18H32N4S.HI/c1-5-19-18(21-13-14-23-4)20-12-11-16(2)22(3)15-17-9-7-6-8-10-17;/h6-10,16H,5,11-15H2,1-4H3,(H2,19,20,21);1H. The Labute approximate surface area is 169 Å². The van der Waals surface area contributed by atoms with Crippen molar-refractivity contribution >= 4 is 41.7 Å². The molecule has 0 aromatic heterocycles. The molecule has 2 N–H and O–H groups in total. The van der Waals surface area contributed by atoms with Crippen LogP contribution in [0.15, 0.2) is 35.3 Å². The Morgan fingerprint density at radius 3 is 2.58 bits per heavy atom. The fourth-order valence-corrected chi connectivity index (χ4v) is 2.53. The van der Waals surface area contributed by atoms with E-state index in [1.807, 2.05) is 11.8 Å². The van der Waals surface area contributed by atoms with Crippen LogP contribution in [0.3, 0.4) is 0 Å². The number of guanidine groups is 1. The predicted molar refractivity (Wildman–Crippen MR) is 120 cm³/mol. The Hall–Kier alpha value is -0.470. The number of benzene rings is 1. The van der Waals surface area contributed by atoms with Crippen LogP contribution >= 0.6 is 35.7 Å². The number of thioether (sulfide) groups is 1. The molecule has 0 aliphatic rings. The van der Waals surface area contributed by atoms with E-state index in [2.05, 4.69) is 78.0 Å². The normalized spacial score (nSPS) is 12.6. The Bertz CT molecular complexity index is 442. The van der Waals surface area contributed by atoms with Gasteiger partial charge in [0, 0.05) is 38.0 Å². The van der Waals surface area contributed by atoms with E-state index in [0.29, 0.717) is 6.04 Å². The van der Waals surface area contributed by atoms with E-state index in [0.717, 1.165) is 44.3 Å². The molecule has 0 saturated heterocycles. The molecule has 0 spiro atoms. The molecule has 4 nitrogen and oxygen atoms in total. The number of hydrogen-bond donors (Lipinski definition) is 2. The van der Waals surface area contributed by atoms with Gasteiger partial charge in [-0.15, -0.1) is 24.0 Å². The van der Waals surface area contributed by atoms with Crippen LogP contribution in [-0.2, 0) is 6.54 Å². The Balaban J connectivity index is 0.00000529. The quantitative estimate of drug-likeness (QED) is 0.241. The number of hydrogen-bond acceptors (Lipinski definition) is 3. The SMILES string of the molecule is CCNC(=NCCC(C)N(C)Cc1ccccc1)NCCSC.I. The molecule has 6 heteroatoms. The first kappa shape index (κ1) is 23.5. The third-order valence-electron chi connectivity index (χ3n) is 3.79. The molecule has 0 aliphatic carbocycles. The maximum Gasteiger partial charge on any atom is 0.191 e. The maximum atomic E-state index is 4.67. The minimum atomic E-state index is 0. The van der Waals surface area contributed by atoms with Crippen molar-refractivity contribution in [3.8, 4) is 0 Å². The summed E-state index contributed by atoms with van der Waals surface area (Å²) in [5.74, 6) is 2.03. The zero-order chi connectivity index (χ0) is 16.9. The fraction of sp³-hybridized carbons (Fsp3) is 0.611. The van der Waals surface area contributed by atoms with E-state index in [-0.39, 0.29) is 24.0 Å². The van der Waals surface area contributed by atoms with Crippen LogP contribution in [0.4, 0.5) is 0 Å². The molecule has 0 saturated carbocycles. The molecule has 1 rings (SSSR count). The Kier molecular flexibility index (Phi) is 14.5. The van der Waals surface area contributed by atoms with E-state index in [4.69, 9.17) is 0 Å². The smallest absolute Gasteiger partial charge is 0.191 e. The Morgan fingerprint density at radius 2 is 1.96 bits per heavy atom. The molecule has 138 valence electrons. The lowest BCUT2D eigenvalue weighted by molar-refractivity contribution is 0.240. The van der Waals surface area contributed by atoms with Crippen molar-refractivity contribution in [2.24, 2.45) is 4.99 Å². The largest absolute Gasteiger partial charge is 0.357 e. The molecule has 0 fully saturated rings. The lowest BCUT2D eigenvalue weighted by Crippen LogP contribution is -2.38. The van der Waals surface area contributed by atoms with Crippen LogP contribution in [0.25, 0.3) is 0 Å². The van der Waals surface area contributed by atoms with Crippen molar-refractivity contribution in [1.29, 1.82) is 0 Å². The highest BCUT2D eigenvalue weighted by molar-refractivity contribution is 14.0. The van der Waals surface area contributed by atoms with Crippen LogP contribution in [-0.4, -0.2) is 55.6 Å². The average molecular weight is 464 g/mol. The van der Waals surface area contributed by atoms with Gasteiger partial charge < -0.3 is 10.6 Å². The van der Waals surface area contributed by atoms with E-state index in [9.17, 15) is 0 Å². The number of halogens is 1. The van der Waals surface area contributed by atoms with Gasteiger partial charge in [-0.25, -0.2) is 0 Å². The van der Waals surface area contributed by atoms with Crippen LogP contribution in [0.1, 0.15) is 25.8 Å². The van der Waals surface area contributed by atoms with E-state index < -0.39 is 0 Å². The summed E-state index contributed by atoms with van der Waals surface area (Å²) in [6.07, 6.45) is 3.18. The Morgan fingerprint density at radius 1 is 1.25 bits per heavy atom. The van der Waals surface area contributed by atoms with Gasteiger partial charge in [-0.2, -0.15) is 11.8 Å². The van der Waals surface area contributed by atoms with Gasteiger partial charge in [0.05, 0.1) is 0 Å². The van der Waals surface area contributed by atoms with Crippen LogP contribution in [0.2, 0.25) is 0 Å². The summed E-state index contributed by atoms with van der Waals surface area (Å²) in [5, 5.41) is 6.67. The zero-order valence-corrected chi connectivity index (χ0v) is 18.6. The number of aliphatic imine (C=N–C) groups is 1.